The lowest BCUT2D eigenvalue weighted by Crippen LogP contribution is -2.09. The fourth-order valence-electron chi connectivity index (χ4n) is 0.687. The molecule has 5 nitrogen and oxygen atoms in total. The fraction of sp³-hybridized carbons (Fsp3) is 0. The predicted molar refractivity (Wildman–Crippen MR) is 41.6 cm³/mol. The molecule has 0 bridgehead atoms. The molecule has 62 valence electrons. The van der Waals surface area contributed by atoms with Crippen molar-refractivity contribution in [3.63, 3.8) is 0 Å². The van der Waals surface area contributed by atoms with Gasteiger partial charge in [0.1, 0.15) is 11.8 Å². The molecule has 0 spiro atoms. The second-order valence-electron chi connectivity index (χ2n) is 1.96. The summed E-state index contributed by atoms with van der Waals surface area (Å²) < 4.78 is 0. The van der Waals surface area contributed by atoms with Crippen LogP contribution in [0.4, 0.5) is 0 Å². The van der Waals surface area contributed by atoms with E-state index in [0.29, 0.717) is 6.29 Å². The number of aromatic hydroxyl groups is 1. The number of nitrogens with zero attached hydrogens (tertiary/aromatic N) is 1. The SMILES string of the molecule is O=CC=Cc1c(O)nc[nH]c1=O. The van der Waals surface area contributed by atoms with Gasteiger partial charge in [0.15, 0.2) is 0 Å². The van der Waals surface area contributed by atoms with Crippen LogP contribution < -0.4 is 5.56 Å². The zero-order valence-corrected chi connectivity index (χ0v) is 6.02. The van der Waals surface area contributed by atoms with Crippen molar-refractivity contribution in [1.82, 2.24) is 9.97 Å². The standard InChI is InChI=1S/C7H6N2O3/c10-3-1-2-5-6(11)8-4-9-7(5)12/h1-4H,(H2,8,9,11,12). The van der Waals surface area contributed by atoms with E-state index in [1.807, 2.05) is 0 Å². The molecule has 1 aromatic rings. The van der Waals surface area contributed by atoms with Crippen LogP contribution in [0, 0.1) is 0 Å². The molecule has 0 saturated carbocycles. The summed E-state index contributed by atoms with van der Waals surface area (Å²) in [5, 5.41) is 9.02. The van der Waals surface area contributed by atoms with E-state index in [0.717, 1.165) is 12.4 Å². The van der Waals surface area contributed by atoms with Crippen molar-refractivity contribution < 1.29 is 9.90 Å². The first kappa shape index (κ1) is 8.19. The van der Waals surface area contributed by atoms with Crippen LogP contribution in [0.15, 0.2) is 17.2 Å². The van der Waals surface area contributed by atoms with Gasteiger partial charge in [0.25, 0.3) is 5.56 Å². The fourth-order valence-corrected chi connectivity index (χ4v) is 0.687. The number of carbonyl (C=O) groups excluding carboxylic acids is 1. The second kappa shape index (κ2) is 3.47. The molecular formula is C7H6N2O3. The van der Waals surface area contributed by atoms with E-state index in [1.54, 1.807) is 0 Å². The molecule has 0 amide bonds. The van der Waals surface area contributed by atoms with Crippen molar-refractivity contribution >= 4 is 12.4 Å². The molecule has 1 aromatic heterocycles. The van der Waals surface area contributed by atoms with Crippen molar-refractivity contribution in [2.45, 2.75) is 0 Å². The number of hydrogen-bond acceptors (Lipinski definition) is 4. The van der Waals surface area contributed by atoms with E-state index < -0.39 is 11.4 Å². The Morgan fingerprint density at radius 2 is 2.33 bits per heavy atom. The molecule has 0 unspecified atom stereocenters. The predicted octanol–water partition coefficient (Wildman–Crippen LogP) is -0.312. The van der Waals surface area contributed by atoms with Gasteiger partial charge in [-0.2, -0.15) is 0 Å². The minimum atomic E-state index is -0.486. The molecule has 12 heavy (non-hydrogen) atoms. The molecular weight excluding hydrogens is 160 g/mol. The van der Waals surface area contributed by atoms with E-state index in [-0.39, 0.29) is 5.56 Å². The molecule has 0 aromatic carbocycles. The molecule has 2 N–H and O–H groups in total. The Morgan fingerprint density at radius 1 is 1.58 bits per heavy atom. The minimum absolute atomic E-state index is 0.0235. The summed E-state index contributed by atoms with van der Waals surface area (Å²) in [6.45, 7) is 0. The Hall–Kier alpha value is -1.91. The molecule has 1 rings (SSSR count). The van der Waals surface area contributed by atoms with Crippen molar-refractivity contribution in [2.24, 2.45) is 0 Å². The summed E-state index contributed by atoms with van der Waals surface area (Å²) in [5.41, 5.74) is -0.509. The van der Waals surface area contributed by atoms with Crippen molar-refractivity contribution in [2.75, 3.05) is 0 Å². The maximum Gasteiger partial charge on any atom is 0.261 e. The second-order valence-corrected chi connectivity index (χ2v) is 1.96. The van der Waals surface area contributed by atoms with E-state index in [4.69, 9.17) is 5.11 Å². The first-order valence-corrected chi connectivity index (χ1v) is 3.14. The minimum Gasteiger partial charge on any atom is -0.493 e. The van der Waals surface area contributed by atoms with Gasteiger partial charge in [-0.3, -0.25) is 9.59 Å². The zero-order chi connectivity index (χ0) is 8.97. The smallest absolute Gasteiger partial charge is 0.261 e. The van der Waals surface area contributed by atoms with Gasteiger partial charge >= 0.3 is 0 Å². The summed E-state index contributed by atoms with van der Waals surface area (Å²) in [6, 6.07) is 0. The molecule has 0 aliphatic carbocycles. The summed E-state index contributed by atoms with van der Waals surface area (Å²) in [4.78, 5) is 26.5. The molecule has 0 radical (unpaired) electrons. The Kier molecular flexibility index (Phi) is 2.37. The third-order valence-corrected chi connectivity index (χ3v) is 1.21. The summed E-state index contributed by atoms with van der Waals surface area (Å²) >= 11 is 0. The normalized spacial score (nSPS) is 10.3. The van der Waals surface area contributed by atoms with Crippen LogP contribution in [0.2, 0.25) is 0 Å². The molecule has 0 atom stereocenters. The maximum absolute atomic E-state index is 10.9. The average molecular weight is 166 g/mol. The lowest BCUT2D eigenvalue weighted by molar-refractivity contribution is -0.104. The zero-order valence-electron chi connectivity index (χ0n) is 6.02. The lowest BCUT2D eigenvalue weighted by Gasteiger charge is -1.92. The number of allylic oxidation sites excluding steroid dienone is 1. The van der Waals surface area contributed by atoms with E-state index in [1.165, 1.54) is 6.08 Å². The van der Waals surface area contributed by atoms with Crippen molar-refractivity contribution in [3.8, 4) is 5.88 Å². The van der Waals surface area contributed by atoms with E-state index >= 15 is 0 Å². The van der Waals surface area contributed by atoms with Crippen molar-refractivity contribution in [1.29, 1.82) is 0 Å². The number of aromatic amines is 1. The summed E-state index contributed by atoms with van der Waals surface area (Å²) in [5.74, 6) is -0.392. The average Bonchev–Trinajstić information content (AvgIpc) is 2.04. The van der Waals surface area contributed by atoms with Gasteiger partial charge in [-0.1, -0.05) is 0 Å². The third-order valence-electron chi connectivity index (χ3n) is 1.21. The summed E-state index contributed by atoms with van der Waals surface area (Å²) in [7, 11) is 0. The van der Waals surface area contributed by atoms with E-state index in [2.05, 4.69) is 9.97 Å². The van der Waals surface area contributed by atoms with Crippen LogP contribution >= 0.6 is 0 Å². The molecule has 5 heteroatoms. The van der Waals surface area contributed by atoms with Gasteiger partial charge in [0, 0.05) is 0 Å². The molecule has 1 heterocycles. The molecule has 0 saturated heterocycles. The van der Waals surface area contributed by atoms with Crippen LogP contribution in [-0.4, -0.2) is 21.4 Å². The molecule has 0 aliphatic heterocycles. The largest absolute Gasteiger partial charge is 0.493 e. The van der Waals surface area contributed by atoms with Gasteiger partial charge < -0.3 is 10.1 Å². The first-order chi connectivity index (χ1) is 5.75. The number of H-pyrrole nitrogens is 1. The third kappa shape index (κ3) is 1.57. The van der Waals surface area contributed by atoms with Crippen LogP contribution in [0.25, 0.3) is 6.08 Å². The number of aldehydes is 1. The quantitative estimate of drug-likeness (QED) is 0.466. The summed E-state index contributed by atoms with van der Waals surface area (Å²) in [6.07, 6.45) is 3.88. The Morgan fingerprint density at radius 3 is 2.92 bits per heavy atom. The number of carbonyl (C=O) groups is 1. The van der Waals surface area contributed by atoms with Gasteiger partial charge in [-0.15, -0.1) is 0 Å². The van der Waals surface area contributed by atoms with Crippen LogP contribution in [0.5, 0.6) is 5.88 Å². The lowest BCUT2D eigenvalue weighted by atomic mass is 10.3. The molecule has 0 fully saturated rings. The number of nitrogens with one attached hydrogen (secondary N) is 1. The Bertz CT molecular complexity index is 367. The number of rotatable bonds is 2. The highest BCUT2D eigenvalue weighted by Crippen LogP contribution is 2.06. The van der Waals surface area contributed by atoms with Crippen molar-refractivity contribution in [3.05, 3.63) is 28.3 Å². The van der Waals surface area contributed by atoms with Crippen LogP contribution in [0.1, 0.15) is 5.56 Å². The van der Waals surface area contributed by atoms with Gasteiger partial charge in [-0.05, 0) is 12.2 Å². The number of aromatic nitrogens is 2. The number of hydrogen-bond donors (Lipinski definition) is 2. The Balaban J connectivity index is 3.21. The Labute approximate surface area is 67.4 Å². The molecule has 0 aliphatic rings. The van der Waals surface area contributed by atoms with Gasteiger partial charge in [0.05, 0.1) is 6.33 Å². The van der Waals surface area contributed by atoms with E-state index in [9.17, 15) is 9.59 Å². The maximum atomic E-state index is 10.9. The monoisotopic (exact) mass is 166 g/mol. The highest BCUT2D eigenvalue weighted by molar-refractivity contribution is 5.74. The van der Waals surface area contributed by atoms with Gasteiger partial charge in [0.2, 0.25) is 5.88 Å². The topological polar surface area (TPSA) is 83.0 Å². The van der Waals surface area contributed by atoms with Crippen LogP contribution in [0.3, 0.4) is 0 Å². The van der Waals surface area contributed by atoms with Crippen LogP contribution in [-0.2, 0) is 4.79 Å². The highest BCUT2D eigenvalue weighted by Gasteiger charge is 2.01. The first-order valence-electron chi connectivity index (χ1n) is 3.14. The van der Waals surface area contributed by atoms with Gasteiger partial charge in [-0.25, -0.2) is 4.98 Å². The highest BCUT2D eigenvalue weighted by atomic mass is 16.3.